The van der Waals surface area contributed by atoms with Gasteiger partial charge in [-0.25, -0.2) is 0 Å². The lowest BCUT2D eigenvalue weighted by molar-refractivity contribution is 1.05. The molecule has 0 aliphatic carbocycles. The number of nitrogens with one attached hydrogen (secondary N) is 1. The summed E-state index contributed by atoms with van der Waals surface area (Å²) in [5, 5.41) is 21.7. The molecule has 108 valence electrons. The van der Waals surface area contributed by atoms with Crippen molar-refractivity contribution in [2.45, 2.75) is 20.3 Å². The zero-order valence-corrected chi connectivity index (χ0v) is 12.6. The average Bonchev–Trinajstić information content (AvgIpc) is 2.56. The Balaban J connectivity index is 2.11. The molecule has 0 amide bonds. The molecule has 0 aliphatic rings. The molecule has 0 fully saturated rings. The van der Waals surface area contributed by atoms with Crippen molar-refractivity contribution in [3.8, 4) is 6.07 Å². The summed E-state index contributed by atoms with van der Waals surface area (Å²) in [7, 11) is 0. The van der Waals surface area contributed by atoms with Gasteiger partial charge in [-0.2, -0.15) is 5.26 Å². The van der Waals surface area contributed by atoms with Crippen LogP contribution in [0.4, 0.5) is 11.4 Å². The molecule has 0 spiro atoms. The van der Waals surface area contributed by atoms with E-state index in [2.05, 4.69) is 40.6 Å². The summed E-state index contributed by atoms with van der Waals surface area (Å²) < 4.78 is 0. The number of nitriles is 1. The normalized spacial score (nSPS) is 10.4. The number of hydrogen-bond acceptors (Lipinski definition) is 4. The first kappa shape index (κ1) is 14.0. The van der Waals surface area contributed by atoms with Crippen molar-refractivity contribution in [2.24, 2.45) is 0 Å². The summed E-state index contributed by atoms with van der Waals surface area (Å²) in [6, 6.07) is 16.2. The van der Waals surface area contributed by atoms with Gasteiger partial charge in [0.05, 0.1) is 11.2 Å². The van der Waals surface area contributed by atoms with E-state index >= 15 is 0 Å². The van der Waals surface area contributed by atoms with Gasteiger partial charge in [-0.05, 0) is 43.2 Å². The van der Waals surface area contributed by atoms with Crippen LogP contribution in [-0.2, 0) is 6.42 Å². The number of fused-ring (bicyclic) bond motifs is 1. The Bertz CT molecular complexity index is 861. The van der Waals surface area contributed by atoms with Gasteiger partial charge in [0, 0.05) is 11.1 Å². The standard InChI is InChI=1S/C18H16N4/c1-3-13-5-7-14(8-6-13)20-18-15-10-12(2)4-9-16(15)21-22-17(18)11-19/h4-10H,3H2,1-2H3,(H,20,21). The van der Waals surface area contributed by atoms with Gasteiger partial charge >= 0.3 is 0 Å². The number of hydrogen-bond donors (Lipinski definition) is 1. The largest absolute Gasteiger partial charge is 0.353 e. The number of aromatic nitrogens is 2. The third-order valence-electron chi connectivity index (χ3n) is 3.65. The predicted octanol–water partition coefficient (Wildman–Crippen LogP) is 4.12. The van der Waals surface area contributed by atoms with Gasteiger partial charge < -0.3 is 5.32 Å². The van der Waals surface area contributed by atoms with Crippen LogP contribution in [0.15, 0.2) is 42.5 Å². The SMILES string of the molecule is CCc1ccc(Nc2c(C#N)nnc3ccc(C)cc23)cc1. The van der Waals surface area contributed by atoms with Crippen LogP contribution < -0.4 is 5.32 Å². The Morgan fingerprint density at radius 2 is 1.86 bits per heavy atom. The molecule has 0 unspecified atom stereocenters. The first-order valence-corrected chi connectivity index (χ1v) is 7.24. The lowest BCUT2D eigenvalue weighted by Crippen LogP contribution is -2.00. The molecule has 4 nitrogen and oxygen atoms in total. The quantitative estimate of drug-likeness (QED) is 0.787. The third-order valence-corrected chi connectivity index (χ3v) is 3.65. The monoisotopic (exact) mass is 288 g/mol. The summed E-state index contributed by atoms with van der Waals surface area (Å²) in [5.74, 6) is 0. The fraction of sp³-hybridized carbons (Fsp3) is 0.167. The highest BCUT2D eigenvalue weighted by Gasteiger charge is 2.11. The highest BCUT2D eigenvalue weighted by Crippen LogP contribution is 2.28. The zero-order chi connectivity index (χ0) is 15.5. The summed E-state index contributed by atoms with van der Waals surface area (Å²) in [4.78, 5) is 0. The van der Waals surface area contributed by atoms with E-state index in [1.807, 2.05) is 37.3 Å². The van der Waals surface area contributed by atoms with Crippen molar-refractivity contribution in [3.63, 3.8) is 0 Å². The van der Waals surface area contributed by atoms with Crippen molar-refractivity contribution >= 4 is 22.3 Å². The molecule has 4 heteroatoms. The third kappa shape index (κ3) is 2.61. The van der Waals surface area contributed by atoms with E-state index in [1.165, 1.54) is 5.56 Å². The second-order valence-corrected chi connectivity index (χ2v) is 5.23. The molecule has 22 heavy (non-hydrogen) atoms. The molecular formula is C18H16N4. The van der Waals surface area contributed by atoms with Crippen LogP contribution in [0.2, 0.25) is 0 Å². The number of rotatable bonds is 3. The van der Waals surface area contributed by atoms with Crippen LogP contribution in [0.25, 0.3) is 10.9 Å². The number of nitrogens with zero attached hydrogens (tertiary/aromatic N) is 3. The summed E-state index contributed by atoms with van der Waals surface area (Å²) in [6.45, 7) is 4.14. The second-order valence-electron chi connectivity index (χ2n) is 5.23. The highest BCUT2D eigenvalue weighted by atomic mass is 15.1. The van der Waals surface area contributed by atoms with E-state index in [-0.39, 0.29) is 0 Å². The minimum Gasteiger partial charge on any atom is -0.353 e. The number of aryl methyl sites for hydroxylation is 2. The summed E-state index contributed by atoms with van der Waals surface area (Å²) in [6.07, 6.45) is 1.00. The molecule has 1 heterocycles. The van der Waals surface area contributed by atoms with Crippen LogP contribution in [0.5, 0.6) is 0 Å². The Labute approximate surface area is 129 Å². The lowest BCUT2D eigenvalue weighted by Gasteiger charge is -2.11. The zero-order valence-electron chi connectivity index (χ0n) is 12.6. The van der Waals surface area contributed by atoms with Gasteiger partial charge in [-0.15, -0.1) is 10.2 Å². The number of anilines is 2. The van der Waals surface area contributed by atoms with E-state index < -0.39 is 0 Å². The minimum atomic E-state index is 0.303. The van der Waals surface area contributed by atoms with E-state index in [4.69, 9.17) is 0 Å². The Hall–Kier alpha value is -2.93. The van der Waals surface area contributed by atoms with Crippen molar-refractivity contribution in [1.82, 2.24) is 10.2 Å². The van der Waals surface area contributed by atoms with Crippen LogP contribution in [0.1, 0.15) is 23.7 Å². The van der Waals surface area contributed by atoms with Gasteiger partial charge in [0.1, 0.15) is 6.07 Å². The van der Waals surface area contributed by atoms with Gasteiger partial charge in [0.2, 0.25) is 0 Å². The molecular weight excluding hydrogens is 272 g/mol. The fourth-order valence-electron chi connectivity index (χ4n) is 2.39. The molecule has 0 radical (unpaired) electrons. The van der Waals surface area contributed by atoms with E-state index in [0.717, 1.165) is 28.6 Å². The first-order valence-electron chi connectivity index (χ1n) is 7.24. The highest BCUT2D eigenvalue weighted by molar-refractivity contribution is 5.95. The molecule has 1 aromatic heterocycles. The minimum absolute atomic E-state index is 0.303. The fourth-order valence-corrected chi connectivity index (χ4v) is 2.39. The van der Waals surface area contributed by atoms with Crippen molar-refractivity contribution in [3.05, 3.63) is 59.3 Å². The van der Waals surface area contributed by atoms with Gasteiger partial charge in [0.25, 0.3) is 0 Å². The topological polar surface area (TPSA) is 61.6 Å². The van der Waals surface area contributed by atoms with E-state index in [0.29, 0.717) is 11.4 Å². The maximum Gasteiger partial charge on any atom is 0.187 e. The maximum absolute atomic E-state index is 9.31. The molecule has 0 bridgehead atoms. The van der Waals surface area contributed by atoms with Crippen LogP contribution in [0, 0.1) is 18.3 Å². The van der Waals surface area contributed by atoms with E-state index in [1.54, 1.807) is 0 Å². The molecule has 2 aromatic carbocycles. The van der Waals surface area contributed by atoms with Crippen LogP contribution in [-0.4, -0.2) is 10.2 Å². The van der Waals surface area contributed by atoms with Crippen molar-refractivity contribution in [2.75, 3.05) is 5.32 Å². The Morgan fingerprint density at radius 3 is 2.55 bits per heavy atom. The van der Waals surface area contributed by atoms with Crippen LogP contribution >= 0.6 is 0 Å². The first-order chi connectivity index (χ1) is 10.7. The van der Waals surface area contributed by atoms with Gasteiger partial charge in [-0.3, -0.25) is 0 Å². The van der Waals surface area contributed by atoms with Gasteiger partial charge in [0.15, 0.2) is 5.69 Å². The van der Waals surface area contributed by atoms with Crippen molar-refractivity contribution < 1.29 is 0 Å². The predicted molar refractivity (Wildman–Crippen MR) is 88.1 cm³/mol. The summed E-state index contributed by atoms with van der Waals surface area (Å²) >= 11 is 0. The summed E-state index contributed by atoms with van der Waals surface area (Å²) in [5.41, 5.74) is 5.12. The molecule has 3 rings (SSSR count). The van der Waals surface area contributed by atoms with Crippen LogP contribution in [0.3, 0.4) is 0 Å². The Morgan fingerprint density at radius 1 is 1.09 bits per heavy atom. The molecule has 0 saturated carbocycles. The molecule has 1 N–H and O–H groups in total. The molecule has 3 aromatic rings. The van der Waals surface area contributed by atoms with Crippen molar-refractivity contribution in [1.29, 1.82) is 5.26 Å². The van der Waals surface area contributed by atoms with Gasteiger partial charge in [-0.1, -0.05) is 30.7 Å². The lowest BCUT2D eigenvalue weighted by atomic mass is 10.1. The van der Waals surface area contributed by atoms with E-state index in [9.17, 15) is 5.26 Å². The second kappa shape index (κ2) is 5.82. The molecule has 0 saturated heterocycles. The average molecular weight is 288 g/mol. The molecule has 0 atom stereocenters. The Kier molecular flexibility index (Phi) is 3.71. The maximum atomic E-state index is 9.31. The number of benzene rings is 2. The smallest absolute Gasteiger partial charge is 0.187 e. The molecule has 0 aliphatic heterocycles.